The summed E-state index contributed by atoms with van der Waals surface area (Å²) >= 11 is 1.18. The quantitative estimate of drug-likeness (QED) is 0.556. The Kier molecular flexibility index (Phi) is 6.98. The average molecular weight is 355 g/mol. The van der Waals surface area contributed by atoms with Gasteiger partial charge >= 0.3 is 0 Å². The highest BCUT2D eigenvalue weighted by molar-refractivity contribution is 8.14. The van der Waals surface area contributed by atoms with Gasteiger partial charge in [0.15, 0.2) is 0 Å². The van der Waals surface area contributed by atoms with Crippen molar-refractivity contribution >= 4 is 34.3 Å². The SMILES string of the molecule is CCOc1ccccc1C(=O)Sc1cccc2cccnc12.O=CO. The van der Waals surface area contributed by atoms with E-state index in [4.69, 9.17) is 14.6 Å². The first-order valence-corrected chi connectivity index (χ1v) is 8.38. The number of carbonyl (C=O) groups excluding carboxylic acids is 1. The van der Waals surface area contributed by atoms with Gasteiger partial charge in [-0.3, -0.25) is 14.6 Å². The maximum absolute atomic E-state index is 12.6. The van der Waals surface area contributed by atoms with E-state index in [-0.39, 0.29) is 11.6 Å². The number of hydrogen-bond donors (Lipinski definition) is 1. The fraction of sp³-hybridized carbons (Fsp3) is 0.105. The standard InChI is InChI=1S/C18H15NO2S.CH2O2/c1-2-21-15-10-4-3-9-14(15)18(20)22-16-11-5-7-13-8-6-12-19-17(13)16;2-1-3/h3-12H,2H2,1H3;1H,(H,2,3). The van der Waals surface area contributed by atoms with Crippen LogP contribution in [0.3, 0.4) is 0 Å². The van der Waals surface area contributed by atoms with E-state index in [9.17, 15) is 4.79 Å². The second-order valence-electron chi connectivity index (χ2n) is 4.76. The summed E-state index contributed by atoms with van der Waals surface area (Å²) in [6.45, 7) is 2.19. The van der Waals surface area contributed by atoms with Crippen molar-refractivity contribution in [2.75, 3.05) is 6.61 Å². The van der Waals surface area contributed by atoms with E-state index >= 15 is 0 Å². The molecule has 5 nitrogen and oxygen atoms in total. The first kappa shape index (κ1) is 18.5. The van der Waals surface area contributed by atoms with Crippen LogP contribution in [0.25, 0.3) is 10.9 Å². The number of pyridine rings is 1. The smallest absolute Gasteiger partial charge is 0.290 e. The number of carbonyl (C=O) groups is 2. The maximum Gasteiger partial charge on any atom is 0.290 e. The van der Waals surface area contributed by atoms with Crippen molar-refractivity contribution in [2.24, 2.45) is 0 Å². The number of fused-ring (bicyclic) bond motifs is 1. The Morgan fingerprint density at radius 3 is 2.64 bits per heavy atom. The second-order valence-corrected chi connectivity index (χ2v) is 5.77. The van der Waals surface area contributed by atoms with E-state index in [0.29, 0.717) is 17.9 Å². The van der Waals surface area contributed by atoms with Crippen molar-refractivity contribution in [3.63, 3.8) is 0 Å². The molecule has 0 radical (unpaired) electrons. The highest BCUT2D eigenvalue weighted by Crippen LogP contribution is 2.31. The van der Waals surface area contributed by atoms with Crippen molar-refractivity contribution in [1.29, 1.82) is 0 Å². The number of nitrogens with zero attached hydrogens (tertiary/aromatic N) is 1. The van der Waals surface area contributed by atoms with Gasteiger partial charge in [-0.1, -0.05) is 30.3 Å². The van der Waals surface area contributed by atoms with Crippen LogP contribution < -0.4 is 4.74 Å². The molecule has 0 bridgehead atoms. The normalized spacial score (nSPS) is 9.80. The van der Waals surface area contributed by atoms with Crippen LogP contribution in [0.1, 0.15) is 17.3 Å². The number of carboxylic acid groups (broad SMARTS) is 1. The van der Waals surface area contributed by atoms with E-state index in [0.717, 1.165) is 15.8 Å². The van der Waals surface area contributed by atoms with Crippen LogP contribution in [-0.4, -0.2) is 28.3 Å². The Hall–Kier alpha value is -2.86. The second kappa shape index (κ2) is 9.44. The van der Waals surface area contributed by atoms with Crippen molar-refractivity contribution < 1.29 is 19.4 Å². The topological polar surface area (TPSA) is 76.5 Å². The molecular formula is C19H17NO4S. The van der Waals surface area contributed by atoms with Gasteiger partial charge in [0.05, 0.1) is 17.7 Å². The summed E-state index contributed by atoms with van der Waals surface area (Å²) in [6.07, 6.45) is 1.74. The van der Waals surface area contributed by atoms with Gasteiger partial charge in [-0.05, 0) is 43.0 Å². The molecule has 1 heterocycles. The Bertz CT molecular complexity index is 861. The first-order chi connectivity index (χ1) is 12.2. The Morgan fingerprint density at radius 2 is 1.88 bits per heavy atom. The summed E-state index contributed by atoms with van der Waals surface area (Å²) in [5.41, 5.74) is 1.43. The molecule has 3 aromatic rings. The van der Waals surface area contributed by atoms with Gasteiger partial charge in [0, 0.05) is 16.5 Å². The molecule has 25 heavy (non-hydrogen) atoms. The molecule has 0 amide bonds. The molecule has 1 aromatic heterocycles. The van der Waals surface area contributed by atoms with Crippen LogP contribution in [0, 0.1) is 0 Å². The van der Waals surface area contributed by atoms with Crippen LogP contribution in [0.4, 0.5) is 0 Å². The molecule has 3 rings (SSSR count). The molecule has 0 aliphatic carbocycles. The average Bonchev–Trinajstić information content (AvgIpc) is 2.63. The fourth-order valence-corrected chi connectivity index (χ4v) is 3.12. The zero-order chi connectivity index (χ0) is 18.1. The van der Waals surface area contributed by atoms with Crippen LogP contribution in [0.15, 0.2) is 65.7 Å². The molecule has 0 unspecified atom stereocenters. The van der Waals surface area contributed by atoms with E-state index < -0.39 is 0 Å². The highest BCUT2D eigenvalue weighted by Gasteiger charge is 2.15. The first-order valence-electron chi connectivity index (χ1n) is 7.56. The van der Waals surface area contributed by atoms with E-state index in [2.05, 4.69) is 4.98 Å². The molecule has 1 N–H and O–H groups in total. The summed E-state index contributed by atoms with van der Waals surface area (Å²) in [5, 5.41) is 7.88. The van der Waals surface area contributed by atoms with Gasteiger partial charge in [0.25, 0.3) is 6.47 Å². The monoisotopic (exact) mass is 355 g/mol. The lowest BCUT2D eigenvalue weighted by molar-refractivity contribution is -0.122. The zero-order valence-corrected chi connectivity index (χ0v) is 14.4. The fourth-order valence-electron chi connectivity index (χ4n) is 2.23. The summed E-state index contributed by atoms with van der Waals surface area (Å²) < 4.78 is 5.53. The van der Waals surface area contributed by atoms with Crippen molar-refractivity contribution in [2.45, 2.75) is 11.8 Å². The van der Waals surface area contributed by atoms with Gasteiger partial charge in [0.2, 0.25) is 5.12 Å². The summed E-state index contributed by atoms with van der Waals surface area (Å²) in [6, 6.07) is 17.1. The Labute approximate surface area is 149 Å². The third-order valence-corrected chi connectivity index (χ3v) is 4.16. The predicted molar refractivity (Wildman–Crippen MR) is 98.2 cm³/mol. The predicted octanol–water partition coefficient (Wildman–Crippen LogP) is 4.27. The van der Waals surface area contributed by atoms with Gasteiger partial charge in [-0.15, -0.1) is 0 Å². The van der Waals surface area contributed by atoms with E-state index in [1.54, 1.807) is 12.3 Å². The minimum atomic E-state index is -0.250. The lowest BCUT2D eigenvalue weighted by atomic mass is 10.2. The van der Waals surface area contributed by atoms with Crippen molar-refractivity contribution in [3.05, 3.63) is 66.4 Å². The number of aromatic nitrogens is 1. The third kappa shape index (κ3) is 4.81. The number of benzene rings is 2. The molecule has 0 atom stereocenters. The van der Waals surface area contributed by atoms with Crippen LogP contribution in [0.5, 0.6) is 5.75 Å². The number of ether oxygens (including phenoxy) is 1. The van der Waals surface area contributed by atoms with E-state index in [1.807, 2.05) is 55.5 Å². The third-order valence-electron chi connectivity index (χ3n) is 3.21. The summed E-state index contributed by atoms with van der Waals surface area (Å²) in [5.74, 6) is 0.621. The summed E-state index contributed by atoms with van der Waals surface area (Å²) in [4.78, 5) is 26.2. The molecule has 0 fully saturated rings. The van der Waals surface area contributed by atoms with Gasteiger partial charge < -0.3 is 9.84 Å². The summed E-state index contributed by atoms with van der Waals surface area (Å²) in [7, 11) is 0. The van der Waals surface area contributed by atoms with Crippen LogP contribution in [0.2, 0.25) is 0 Å². The van der Waals surface area contributed by atoms with Crippen molar-refractivity contribution in [3.8, 4) is 5.75 Å². The highest BCUT2D eigenvalue weighted by atomic mass is 32.2. The van der Waals surface area contributed by atoms with Crippen LogP contribution >= 0.6 is 11.8 Å². The lowest BCUT2D eigenvalue weighted by Crippen LogP contribution is -2.00. The number of para-hydroxylation sites is 2. The molecule has 0 aliphatic heterocycles. The number of hydrogen-bond acceptors (Lipinski definition) is 5. The molecule has 128 valence electrons. The molecule has 0 saturated carbocycles. The molecule has 0 aliphatic rings. The van der Waals surface area contributed by atoms with Gasteiger partial charge in [-0.25, -0.2) is 0 Å². The minimum absolute atomic E-state index is 0.0396. The number of rotatable bonds is 4. The zero-order valence-electron chi connectivity index (χ0n) is 13.6. The van der Waals surface area contributed by atoms with Crippen LogP contribution in [-0.2, 0) is 4.79 Å². The molecular weight excluding hydrogens is 338 g/mol. The Morgan fingerprint density at radius 1 is 1.16 bits per heavy atom. The minimum Gasteiger partial charge on any atom is -0.493 e. The van der Waals surface area contributed by atoms with Crippen molar-refractivity contribution in [1.82, 2.24) is 4.98 Å². The molecule has 2 aromatic carbocycles. The molecule has 0 spiro atoms. The molecule has 0 saturated heterocycles. The maximum atomic E-state index is 12.6. The van der Waals surface area contributed by atoms with E-state index in [1.165, 1.54) is 11.8 Å². The number of thioether (sulfide) groups is 1. The lowest BCUT2D eigenvalue weighted by Gasteiger charge is -2.09. The van der Waals surface area contributed by atoms with Gasteiger partial charge in [0.1, 0.15) is 5.75 Å². The van der Waals surface area contributed by atoms with Gasteiger partial charge in [-0.2, -0.15) is 0 Å². The Balaban J connectivity index is 0.000000701. The largest absolute Gasteiger partial charge is 0.493 e. The molecule has 6 heteroatoms.